The highest BCUT2D eigenvalue weighted by molar-refractivity contribution is 5.42. The molecule has 0 amide bonds. The number of aromatic nitrogens is 6. The smallest absolute Gasteiger partial charge is 0.157 e. The van der Waals surface area contributed by atoms with Crippen LogP contribution in [0.2, 0.25) is 0 Å². The summed E-state index contributed by atoms with van der Waals surface area (Å²) in [5.74, 6) is 0.828. The molecule has 4 heterocycles. The van der Waals surface area contributed by atoms with E-state index in [9.17, 15) is 0 Å². The van der Waals surface area contributed by atoms with Crippen LogP contribution in [0.3, 0.4) is 0 Å². The summed E-state index contributed by atoms with van der Waals surface area (Å²) in [4.78, 5) is 9.50. The van der Waals surface area contributed by atoms with Crippen molar-refractivity contribution in [3.8, 4) is 0 Å². The first-order valence-corrected chi connectivity index (χ1v) is 8.90. The van der Waals surface area contributed by atoms with Crippen molar-refractivity contribution in [3.05, 3.63) is 59.9 Å². The van der Waals surface area contributed by atoms with E-state index in [0.29, 0.717) is 0 Å². The predicted molar refractivity (Wildman–Crippen MR) is 101 cm³/mol. The van der Waals surface area contributed by atoms with Crippen LogP contribution in [-0.2, 0) is 17.3 Å². The number of hydrogen-bond acceptors (Lipinski definition) is 4. The first-order valence-electron chi connectivity index (χ1n) is 8.90. The van der Waals surface area contributed by atoms with Gasteiger partial charge in [0, 0.05) is 41.4 Å². The summed E-state index contributed by atoms with van der Waals surface area (Å²) in [6.07, 6.45) is 4.67. The van der Waals surface area contributed by atoms with Crippen molar-refractivity contribution in [2.24, 2.45) is 0 Å². The zero-order chi connectivity index (χ0) is 18.5. The lowest BCUT2D eigenvalue weighted by Crippen LogP contribution is -2.23. The maximum atomic E-state index is 4.81. The van der Waals surface area contributed by atoms with E-state index in [-0.39, 0.29) is 10.8 Å². The van der Waals surface area contributed by atoms with Crippen LogP contribution in [0.1, 0.15) is 51.8 Å². The molecule has 134 valence electrons. The van der Waals surface area contributed by atoms with Gasteiger partial charge in [-0.1, -0.05) is 40.7 Å². The molecule has 4 rings (SSSR count). The second-order valence-electron chi connectivity index (χ2n) is 8.50. The molecule has 6 heteroatoms. The van der Waals surface area contributed by atoms with E-state index in [0.717, 1.165) is 34.9 Å². The fourth-order valence-corrected chi connectivity index (χ4v) is 3.03. The Labute approximate surface area is 152 Å². The Hall–Kier alpha value is -2.76. The van der Waals surface area contributed by atoms with E-state index in [4.69, 9.17) is 4.98 Å². The third-order valence-corrected chi connectivity index (χ3v) is 4.62. The average Bonchev–Trinajstić information content (AvgIpc) is 3.18. The van der Waals surface area contributed by atoms with Crippen LogP contribution in [0.5, 0.6) is 0 Å². The van der Waals surface area contributed by atoms with Crippen LogP contribution < -0.4 is 0 Å². The number of nitrogens with zero attached hydrogens (tertiary/aromatic N) is 6. The van der Waals surface area contributed by atoms with Gasteiger partial charge >= 0.3 is 0 Å². The van der Waals surface area contributed by atoms with Gasteiger partial charge in [-0.2, -0.15) is 10.2 Å². The monoisotopic (exact) mass is 348 g/mol. The first kappa shape index (κ1) is 16.7. The van der Waals surface area contributed by atoms with Gasteiger partial charge in [0.05, 0.1) is 5.69 Å². The SMILES string of the molecule is CC(C)(C)c1cc2nc(CC(C)(C)c3nc4ccccn4n3)ccn2n1. The Morgan fingerprint density at radius 2 is 1.62 bits per heavy atom. The van der Waals surface area contributed by atoms with Crippen molar-refractivity contribution >= 4 is 11.3 Å². The summed E-state index contributed by atoms with van der Waals surface area (Å²) in [6.45, 7) is 10.8. The standard InChI is InChI=1S/C20H24N6/c1-19(2,3)15-12-17-21-14(9-11-26(17)23-15)13-20(4,5)18-22-16-8-6-7-10-25(16)24-18/h6-12H,13H2,1-5H3. The molecule has 0 unspecified atom stereocenters. The molecule has 4 aromatic heterocycles. The molecule has 0 radical (unpaired) electrons. The Balaban J connectivity index is 1.66. The Kier molecular flexibility index (Phi) is 3.61. The average molecular weight is 348 g/mol. The fraction of sp³-hybridized carbons (Fsp3) is 0.400. The third kappa shape index (κ3) is 2.96. The zero-order valence-corrected chi connectivity index (χ0v) is 15.9. The molecule has 0 bridgehead atoms. The molecule has 0 aliphatic rings. The quantitative estimate of drug-likeness (QED) is 0.568. The van der Waals surface area contributed by atoms with E-state index >= 15 is 0 Å². The minimum Gasteiger partial charge on any atom is -0.234 e. The molecule has 0 N–H and O–H groups in total. The van der Waals surface area contributed by atoms with Gasteiger partial charge < -0.3 is 0 Å². The number of rotatable bonds is 3. The van der Waals surface area contributed by atoms with Gasteiger partial charge in [-0.05, 0) is 18.2 Å². The molecule has 0 aliphatic carbocycles. The number of fused-ring (bicyclic) bond motifs is 2. The summed E-state index contributed by atoms with van der Waals surface area (Å²) in [7, 11) is 0. The highest BCUT2D eigenvalue weighted by Crippen LogP contribution is 2.26. The van der Waals surface area contributed by atoms with Crippen molar-refractivity contribution in [3.63, 3.8) is 0 Å². The second-order valence-corrected chi connectivity index (χ2v) is 8.50. The van der Waals surface area contributed by atoms with Gasteiger partial charge in [0.2, 0.25) is 0 Å². The van der Waals surface area contributed by atoms with Crippen LogP contribution in [0.15, 0.2) is 42.7 Å². The third-order valence-electron chi connectivity index (χ3n) is 4.62. The van der Waals surface area contributed by atoms with Crippen LogP contribution in [0.4, 0.5) is 0 Å². The van der Waals surface area contributed by atoms with E-state index < -0.39 is 0 Å². The van der Waals surface area contributed by atoms with Crippen LogP contribution in [0.25, 0.3) is 11.3 Å². The van der Waals surface area contributed by atoms with Crippen molar-refractivity contribution in [1.29, 1.82) is 0 Å². The van der Waals surface area contributed by atoms with Crippen molar-refractivity contribution in [1.82, 2.24) is 29.2 Å². The maximum Gasteiger partial charge on any atom is 0.157 e. The lowest BCUT2D eigenvalue weighted by molar-refractivity contribution is 0.481. The van der Waals surface area contributed by atoms with E-state index in [2.05, 4.69) is 55.9 Å². The van der Waals surface area contributed by atoms with Gasteiger partial charge in [-0.3, -0.25) is 0 Å². The van der Waals surface area contributed by atoms with Crippen molar-refractivity contribution in [2.45, 2.75) is 51.9 Å². The lowest BCUT2D eigenvalue weighted by Gasteiger charge is -2.20. The summed E-state index contributed by atoms with van der Waals surface area (Å²) >= 11 is 0. The molecular weight excluding hydrogens is 324 g/mol. The minimum atomic E-state index is -0.218. The Bertz CT molecular complexity index is 1050. The van der Waals surface area contributed by atoms with E-state index in [1.807, 2.05) is 45.7 Å². The minimum absolute atomic E-state index is 0.00753. The normalized spacial score (nSPS) is 13.0. The largest absolute Gasteiger partial charge is 0.234 e. The maximum absolute atomic E-state index is 4.81. The summed E-state index contributed by atoms with van der Waals surface area (Å²) in [5.41, 5.74) is 3.60. The number of hydrogen-bond donors (Lipinski definition) is 0. The molecular formula is C20H24N6. The van der Waals surface area contributed by atoms with E-state index in [1.54, 1.807) is 0 Å². The highest BCUT2D eigenvalue weighted by atomic mass is 15.3. The molecule has 4 aromatic rings. The Morgan fingerprint density at radius 3 is 2.35 bits per heavy atom. The molecule has 0 fully saturated rings. The molecule has 0 aromatic carbocycles. The fourth-order valence-electron chi connectivity index (χ4n) is 3.03. The lowest BCUT2D eigenvalue weighted by atomic mass is 9.87. The first-order chi connectivity index (χ1) is 12.2. The topological polar surface area (TPSA) is 60.4 Å². The summed E-state index contributed by atoms with van der Waals surface area (Å²) < 4.78 is 3.67. The van der Waals surface area contributed by atoms with Crippen LogP contribution in [-0.4, -0.2) is 29.2 Å². The molecule has 6 nitrogen and oxygen atoms in total. The molecule has 0 aliphatic heterocycles. The van der Waals surface area contributed by atoms with Crippen molar-refractivity contribution in [2.75, 3.05) is 0 Å². The molecule has 0 saturated heterocycles. The van der Waals surface area contributed by atoms with Gasteiger partial charge in [-0.15, -0.1) is 0 Å². The van der Waals surface area contributed by atoms with Crippen LogP contribution in [0, 0.1) is 0 Å². The second kappa shape index (κ2) is 5.62. The van der Waals surface area contributed by atoms with Gasteiger partial charge in [-0.25, -0.2) is 19.0 Å². The molecule has 0 atom stereocenters. The van der Waals surface area contributed by atoms with Gasteiger partial charge in [0.1, 0.15) is 0 Å². The van der Waals surface area contributed by atoms with E-state index in [1.165, 1.54) is 0 Å². The summed E-state index contributed by atoms with van der Waals surface area (Å²) in [5, 5.41) is 9.27. The highest BCUT2D eigenvalue weighted by Gasteiger charge is 2.27. The number of pyridine rings is 1. The zero-order valence-electron chi connectivity index (χ0n) is 15.9. The van der Waals surface area contributed by atoms with Crippen LogP contribution >= 0.6 is 0 Å². The molecule has 0 spiro atoms. The molecule has 0 saturated carbocycles. The molecule has 26 heavy (non-hydrogen) atoms. The Morgan fingerprint density at radius 1 is 0.846 bits per heavy atom. The van der Waals surface area contributed by atoms with Gasteiger partial charge in [0.25, 0.3) is 0 Å². The van der Waals surface area contributed by atoms with Crippen molar-refractivity contribution < 1.29 is 0 Å². The van der Waals surface area contributed by atoms with Gasteiger partial charge in [0.15, 0.2) is 17.1 Å². The summed E-state index contributed by atoms with van der Waals surface area (Å²) in [6, 6.07) is 10.0. The predicted octanol–water partition coefficient (Wildman–Crippen LogP) is 3.59.